The van der Waals surface area contributed by atoms with E-state index < -0.39 is 0 Å². The Kier molecular flexibility index (Phi) is 5.15. The highest BCUT2D eigenvalue weighted by molar-refractivity contribution is 5.93. The van der Waals surface area contributed by atoms with E-state index in [0.29, 0.717) is 12.2 Å². The number of benzene rings is 2. The van der Waals surface area contributed by atoms with Crippen molar-refractivity contribution in [3.05, 3.63) is 65.0 Å². The lowest BCUT2D eigenvalue weighted by Gasteiger charge is -2.32. The Morgan fingerprint density at radius 1 is 1.25 bits per heavy atom. The molecule has 6 heteroatoms. The Hall–Kier alpha value is -2.70. The molecule has 2 aromatic carbocycles. The first-order valence-corrected chi connectivity index (χ1v) is 9.82. The zero-order valence-corrected chi connectivity index (χ0v) is 16.4. The predicted octanol–water partition coefficient (Wildman–Crippen LogP) is 3.25. The minimum Gasteiger partial charge on any atom is -0.462 e. The van der Waals surface area contributed by atoms with Gasteiger partial charge in [0.2, 0.25) is 0 Å². The largest absolute Gasteiger partial charge is 0.462 e. The Labute approximate surface area is 164 Å². The van der Waals surface area contributed by atoms with Gasteiger partial charge in [-0.1, -0.05) is 24.3 Å². The van der Waals surface area contributed by atoms with Gasteiger partial charge in [-0.05, 0) is 43.2 Å². The molecule has 0 fully saturated rings. The second-order valence-electron chi connectivity index (χ2n) is 7.17. The number of rotatable bonds is 5. The van der Waals surface area contributed by atoms with Crippen molar-refractivity contribution in [1.29, 1.82) is 0 Å². The van der Waals surface area contributed by atoms with Gasteiger partial charge in [-0.15, -0.1) is 0 Å². The normalized spacial score (nSPS) is 16.9. The topological polar surface area (TPSA) is 73.4 Å². The van der Waals surface area contributed by atoms with E-state index in [1.54, 1.807) is 0 Å². The highest BCUT2D eigenvalue weighted by atomic mass is 16.5. The molecule has 0 bridgehead atoms. The molecule has 1 aliphatic heterocycles. The van der Waals surface area contributed by atoms with Crippen LogP contribution in [0.4, 0.5) is 0 Å². The van der Waals surface area contributed by atoms with E-state index in [-0.39, 0.29) is 12.0 Å². The molecule has 0 aliphatic carbocycles. The lowest BCUT2D eigenvalue weighted by molar-refractivity contribution is 0.0526. The van der Waals surface area contributed by atoms with Gasteiger partial charge >= 0.3 is 5.97 Å². The van der Waals surface area contributed by atoms with Crippen LogP contribution in [0, 0.1) is 0 Å². The predicted molar refractivity (Wildman–Crippen MR) is 109 cm³/mol. The molecule has 6 nitrogen and oxygen atoms in total. The number of carbonyl (C=O) groups is 1. The lowest BCUT2D eigenvalue weighted by Crippen LogP contribution is -2.37. The van der Waals surface area contributed by atoms with E-state index >= 15 is 0 Å². The number of hydrogen-bond donors (Lipinski definition) is 1. The molecule has 1 unspecified atom stereocenters. The van der Waals surface area contributed by atoms with Crippen LogP contribution in [0.5, 0.6) is 0 Å². The average molecular weight is 378 g/mol. The monoisotopic (exact) mass is 378 g/mol. The molecule has 4 rings (SSSR count). The van der Waals surface area contributed by atoms with Crippen LogP contribution in [-0.4, -0.2) is 33.6 Å². The fourth-order valence-electron chi connectivity index (χ4n) is 4.04. The maximum absolute atomic E-state index is 12.0. The van der Waals surface area contributed by atoms with E-state index in [9.17, 15) is 4.79 Å². The maximum Gasteiger partial charge on any atom is 0.338 e. The molecular weight excluding hydrogens is 352 g/mol. The lowest BCUT2D eigenvalue weighted by atomic mass is 9.96. The first-order valence-electron chi connectivity index (χ1n) is 9.82. The van der Waals surface area contributed by atoms with Crippen molar-refractivity contribution in [2.45, 2.75) is 39.5 Å². The Morgan fingerprint density at radius 3 is 2.86 bits per heavy atom. The van der Waals surface area contributed by atoms with Crippen LogP contribution >= 0.6 is 0 Å². The second-order valence-corrected chi connectivity index (χ2v) is 7.17. The summed E-state index contributed by atoms with van der Waals surface area (Å²) in [5, 5.41) is 0. The fourth-order valence-corrected chi connectivity index (χ4v) is 4.04. The van der Waals surface area contributed by atoms with E-state index in [1.165, 1.54) is 11.1 Å². The summed E-state index contributed by atoms with van der Waals surface area (Å²) in [5.41, 5.74) is 11.3. The number of nitrogens with two attached hydrogens (primary N) is 1. The summed E-state index contributed by atoms with van der Waals surface area (Å²) in [5.74, 6) is 0.681. The molecule has 1 aliphatic rings. The Morgan fingerprint density at radius 2 is 2.07 bits per heavy atom. The zero-order valence-electron chi connectivity index (χ0n) is 16.4. The zero-order chi connectivity index (χ0) is 19.7. The molecule has 0 saturated heterocycles. The molecule has 1 aromatic heterocycles. The number of nitrogens with zero attached hydrogens (tertiary/aromatic N) is 3. The summed E-state index contributed by atoms with van der Waals surface area (Å²) in [4.78, 5) is 19.2. The number of carbonyl (C=O) groups excluding carboxylic acids is 1. The van der Waals surface area contributed by atoms with Crippen LogP contribution in [0.25, 0.3) is 11.0 Å². The molecule has 1 atom stereocenters. The fraction of sp³-hybridized carbons (Fsp3) is 0.364. The summed E-state index contributed by atoms with van der Waals surface area (Å²) in [6.45, 7) is 7.49. The summed E-state index contributed by atoms with van der Waals surface area (Å²) in [7, 11) is 0. The van der Waals surface area contributed by atoms with Gasteiger partial charge in [0.1, 0.15) is 5.82 Å². The molecule has 0 saturated carbocycles. The summed E-state index contributed by atoms with van der Waals surface area (Å²) in [6, 6.07) is 14.0. The minimum atomic E-state index is -0.310. The van der Waals surface area contributed by atoms with Crippen molar-refractivity contribution < 1.29 is 9.53 Å². The van der Waals surface area contributed by atoms with Gasteiger partial charge in [0, 0.05) is 25.7 Å². The number of imidazole rings is 1. The SMILES string of the molecule is CCOC(=O)c1ccc2c(c1)nc(CN1Cc3ccccc3C(N)C1)n2CC. The molecule has 0 amide bonds. The van der Waals surface area contributed by atoms with Crippen molar-refractivity contribution in [2.24, 2.45) is 5.73 Å². The first kappa shape index (κ1) is 18.7. The average Bonchev–Trinajstić information content (AvgIpc) is 3.04. The van der Waals surface area contributed by atoms with Gasteiger partial charge in [0.05, 0.1) is 29.7 Å². The number of aryl methyl sites for hydroxylation is 1. The van der Waals surface area contributed by atoms with Crippen LogP contribution in [0.3, 0.4) is 0 Å². The van der Waals surface area contributed by atoms with Gasteiger partial charge in [0.15, 0.2) is 0 Å². The molecule has 0 radical (unpaired) electrons. The van der Waals surface area contributed by atoms with Crippen molar-refractivity contribution >= 4 is 17.0 Å². The summed E-state index contributed by atoms with van der Waals surface area (Å²) >= 11 is 0. The van der Waals surface area contributed by atoms with E-state index in [2.05, 4.69) is 34.6 Å². The van der Waals surface area contributed by atoms with E-state index in [1.807, 2.05) is 31.2 Å². The molecule has 2 heterocycles. The van der Waals surface area contributed by atoms with Crippen molar-refractivity contribution in [3.63, 3.8) is 0 Å². The van der Waals surface area contributed by atoms with Gasteiger partial charge in [-0.2, -0.15) is 0 Å². The van der Waals surface area contributed by atoms with Gasteiger partial charge < -0.3 is 15.0 Å². The molecule has 0 spiro atoms. The van der Waals surface area contributed by atoms with Crippen LogP contribution in [0.1, 0.15) is 47.2 Å². The third-order valence-corrected chi connectivity index (χ3v) is 5.32. The highest BCUT2D eigenvalue weighted by Gasteiger charge is 2.24. The van der Waals surface area contributed by atoms with Crippen LogP contribution in [0.2, 0.25) is 0 Å². The van der Waals surface area contributed by atoms with Gasteiger partial charge in [0.25, 0.3) is 0 Å². The molecule has 28 heavy (non-hydrogen) atoms. The number of fused-ring (bicyclic) bond motifs is 2. The molecule has 146 valence electrons. The molecule has 3 aromatic rings. The summed E-state index contributed by atoms with van der Waals surface area (Å²) in [6.07, 6.45) is 0. The van der Waals surface area contributed by atoms with Crippen molar-refractivity contribution in [2.75, 3.05) is 13.2 Å². The maximum atomic E-state index is 12.0. The quantitative estimate of drug-likeness (QED) is 0.690. The number of esters is 1. The van der Waals surface area contributed by atoms with Crippen molar-refractivity contribution in [1.82, 2.24) is 14.5 Å². The highest BCUT2D eigenvalue weighted by Crippen LogP contribution is 2.27. The third-order valence-electron chi connectivity index (χ3n) is 5.32. The van der Waals surface area contributed by atoms with Crippen molar-refractivity contribution in [3.8, 4) is 0 Å². The van der Waals surface area contributed by atoms with Crippen LogP contribution in [0.15, 0.2) is 42.5 Å². The Bertz CT molecular complexity index is 1010. The first-order chi connectivity index (χ1) is 13.6. The number of hydrogen-bond acceptors (Lipinski definition) is 5. The third kappa shape index (κ3) is 3.41. The number of aromatic nitrogens is 2. The summed E-state index contributed by atoms with van der Waals surface area (Å²) < 4.78 is 7.32. The van der Waals surface area contributed by atoms with Crippen LogP contribution in [-0.2, 0) is 24.4 Å². The minimum absolute atomic E-state index is 0.0137. The number of ether oxygens (including phenoxy) is 1. The van der Waals surface area contributed by atoms with E-state index in [0.717, 1.165) is 43.0 Å². The van der Waals surface area contributed by atoms with Crippen LogP contribution < -0.4 is 5.73 Å². The van der Waals surface area contributed by atoms with Gasteiger partial charge in [-0.25, -0.2) is 9.78 Å². The van der Waals surface area contributed by atoms with E-state index in [4.69, 9.17) is 15.5 Å². The standard InChI is InChI=1S/C22H26N4O2/c1-3-26-20-10-9-15(22(27)28-4-2)11-19(20)24-21(26)14-25-12-16-7-5-6-8-17(16)18(23)13-25/h5-11,18H,3-4,12-14,23H2,1-2H3. The Balaban J connectivity index is 1.62. The van der Waals surface area contributed by atoms with Gasteiger partial charge in [-0.3, -0.25) is 4.90 Å². The molecule has 2 N–H and O–H groups in total. The molecular formula is C22H26N4O2. The second kappa shape index (κ2) is 7.73. The smallest absolute Gasteiger partial charge is 0.338 e.